The topological polar surface area (TPSA) is 82.0 Å². The Morgan fingerprint density at radius 1 is 1.19 bits per heavy atom. The zero-order valence-corrected chi connectivity index (χ0v) is 15.5. The molecule has 1 fully saturated rings. The first-order valence-electron chi connectivity index (χ1n) is 9.05. The highest BCUT2D eigenvalue weighted by atomic mass is 16.4. The maximum absolute atomic E-state index is 12.0. The van der Waals surface area contributed by atoms with E-state index in [2.05, 4.69) is 10.3 Å². The van der Waals surface area contributed by atoms with E-state index < -0.39 is 5.97 Å². The Balaban J connectivity index is 1.82. The molecule has 1 atom stereocenters. The van der Waals surface area contributed by atoms with Crippen molar-refractivity contribution < 1.29 is 14.7 Å². The number of nitrogens with zero attached hydrogens (tertiary/aromatic N) is 2. The molecule has 0 radical (unpaired) electrons. The van der Waals surface area contributed by atoms with Gasteiger partial charge in [0.25, 0.3) is 0 Å². The summed E-state index contributed by atoms with van der Waals surface area (Å²) in [5.41, 5.74) is 2.84. The van der Waals surface area contributed by atoms with E-state index in [-0.39, 0.29) is 17.5 Å². The molecule has 27 heavy (non-hydrogen) atoms. The molecule has 0 aromatic heterocycles. The minimum Gasteiger partial charge on any atom is -0.478 e. The van der Waals surface area contributed by atoms with E-state index in [1.54, 1.807) is 18.2 Å². The van der Waals surface area contributed by atoms with Crippen LogP contribution in [0, 0.1) is 0 Å². The Morgan fingerprint density at radius 2 is 1.89 bits per heavy atom. The molecule has 2 aromatic rings. The van der Waals surface area contributed by atoms with Crippen LogP contribution in [0.25, 0.3) is 11.1 Å². The summed E-state index contributed by atoms with van der Waals surface area (Å²) in [4.78, 5) is 29.8. The van der Waals surface area contributed by atoms with Crippen molar-refractivity contribution in [3.63, 3.8) is 0 Å². The van der Waals surface area contributed by atoms with Crippen molar-refractivity contribution in [2.75, 3.05) is 6.54 Å². The second-order valence-electron chi connectivity index (χ2n) is 6.55. The first-order chi connectivity index (χ1) is 13.0. The Hall–Kier alpha value is -3.15. The van der Waals surface area contributed by atoms with E-state index in [0.717, 1.165) is 17.5 Å². The van der Waals surface area contributed by atoms with Crippen LogP contribution in [0.3, 0.4) is 0 Å². The lowest BCUT2D eigenvalue weighted by atomic mass is 9.98. The summed E-state index contributed by atoms with van der Waals surface area (Å²) in [6, 6.07) is 14.4. The van der Waals surface area contributed by atoms with Crippen molar-refractivity contribution in [2.24, 2.45) is 4.99 Å². The fourth-order valence-electron chi connectivity index (χ4n) is 3.08. The molecule has 1 saturated heterocycles. The van der Waals surface area contributed by atoms with Crippen molar-refractivity contribution in [1.29, 1.82) is 0 Å². The maximum Gasteiger partial charge on any atom is 0.336 e. The average Bonchev–Trinajstić information content (AvgIpc) is 2.94. The van der Waals surface area contributed by atoms with E-state index in [4.69, 9.17) is 0 Å². The number of aliphatic imine (C=N–C) groups is 1. The van der Waals surface area contributed by atoms with Crippen LogP contribution in [-0.2, 0) is 11.3 Å². The summed E-state index contributed by atoms with van der Waals surface area (Å²) in [5, 5.41) is 12.2. The number of rotatable bonds is 6. The number of amides is 1. The van der Waals surface area contributed by atoms with Crippen LogP contribution in [0.1, 0.15) is 36.2 Å². The van der Waals surface area contributed by atoms with Gasteiger partial charge in [0.1, 0.15) is 6.04 Å². The number of benzene rings is 2. The molecule has 1 aliphatic rings. The fraction of sp³-hybridized carbons (Fsp3) is 0.286. The van der Waals surface area contributed by atoms with Gasteiger partial charge >= 0.3 is 5.97 Å². The van der Waals surface area contributed by atoms with Gasteiger partial charge < -0.3 is 10.0 Å². The van der Waals surface area contributed by atoms with Gasteiger partial charge in [-0.1, -0.05) is 49.4 Å². The molecule has 0 saturated carbocycles. The van der Waals surface area contributed by atoms with Crippen LogP contribution < -0.4 is 5.32 Å². The number of carbonyl (C=O) groups excluding carboxylic acids is 1. The molecule has 2 N–H and O–H groups in total. The van der Waals surface area contributed by atoms with Gasteiger partial charge in [0.2, 0.25) is 11.9 Å². The largest absolute Gasteiger partial charge is 0.478 e. The summed E-state index contributed by atoms with van der Waals surface area (Å²) < 4.78 is 0. The first kappa shape index (κ1) is 18.6. The van der Waals surface area contributed by atoms with E-state index in [1.165, 1.54) is 0 Å². The molecule has 1 heterocycles. The zero-order valence-electron chi connectivity index (χ0n) is 15.5. The Morgan fingerprint density at radius 3 is 2.56 bits per heavy atom. The molecular formula is C21H23N3O3. The predicted octanol–water partition coefficient (Wildman–Crippen LogP) is 3.14. The van der Waals surface area contributed by atoms with Gasteiger partial charge in [0.15, 0.2) is 0 Å². The lowest BCUT2D eigenvalue weighted by molar-refractivity contribution is -0.121. The van der Waals surface area contributed by atoms with E-state index >= 15 is 0 Å². The summed E-state index contributed by atoms with van der Waals surface area (Å²) in [5.74, 6) is -0.367. The molecule has 1 amide bonds. The molecule has 0 spiro atoms. The van der Waals surface area contributed by atoms with Crippen LogP contribution in [0.15, 0.2) is 53.5 Å². The number of hydrogen-bond donors (Lipinski definition) is 2. The van der Waals surface area contributed by atoms with Crippen LogP contribution in [0.5, 0.6) is 0 Å². The maximum atomic E-state index is 12.0. The molecule has 0 bridgehead atoms. The van der Waals surface area contributed by atoms with Gasteiger partial charge in [-0.15, -0.1) is 0 Å². The van der Waals surface area contributed by atoms with Gasteiger partial charge in [-0.25, -0.2) is 4.79 Å². The average molecular weight is 365 g/mol. The number of carboxylic acids is 1. The summed E-state index contributed by atoms with van der Waals surface area (Å²) in [6.07, 6.45) is 0.916. The highest BCUT2D eigenvalue weighted by molar-refractivity contribution is 6.06. The molecular weight excluding hydrogens is 342 g/mol. The molecule has 0 aliphatic carbocycles. The number of carboxylic acid groups (broad SMARTS) is 1. The summed E-state index contributed by atoms with van der Waals surface area (Å²) in [7, 11) is 0. The zero-order chi connectivity index (χ0) is 19.4. The van der Waals surface area contributed by atoms with Crippen LogP contribution in [0.2, 0.25) is 0 Å². The van der Waals surface area contributed by atoms with Gasteiger partial charge in [-0.2, -0.15) is 0 Å². The van der Waals surface area contributed by atoms with Crippen molar-refractivity contribution in [2.45, 2.75) is 32.9 Å². The molecule has 3 rings (SSSR count). The summed E-state index contributed by atoms with van der Waals surface area (Å²) in [6.45, 7) is 5.14. The number of aromatic carboxylic acids is 1. The standard InChI is InChI=1S/C21H23N3O3/c1-3-12-22-21-23-19(25)14(2)24(21)13-15-8-10-16(11-9-15)17-6-4-5-7-18(17)20(26)27/h4-11,14H,3,12-13H2,1-2H3,(H,26,27)(H,22,23,25). The normalized spacial score (nSPS) is 18.0. The minimum atomic E-state index is -0.943. The third kappa shape index (κ3) is 4.00. The Labute approximate surface area is 158 Å². The van der Waals surface area contributed by atoms with Crippen LogP contribution in [-0.4, -0.2) is 40.4 Å². The van der Waals surface area contributed by atoms with Gasteiger partial charge in [-0.3, -0.25) is 15.1 Å². The van der Waals surface area contributed by atoms with E-state index in [0.29, 0.717) is 24.6 Å². The van der Waals surface area contributed by atoms with Crippen molar-refractivity contribution in [3.05, 3.63) is 59.7 Å². The number of guanidine groups is 1. The third-order valence-corrected chi connectivity index (χ3v) is 4.61. The molecule has 1 aliphatic heterocycles. The van der Waals surface area contributed by atoms with Crippen molar-refractivity contribution in [3.8, 4) is 11.1 Å². The lowest BCUT2D eigenvalue weighted by Gasteiger charge is -2.21. The number of carbonyl (C=O) groups is 2. The predicted molar refractivity (Wildman–Crippen MR) is 105 cm³/mol. The third-order valence-electron chi connectivity index (χ3n) is 4.61. The second kappa shape index (κ2) is 8.03. The van der Waals surface area contributed by atoms with Gasteiger partial charge in [-0.05, 0) is 36.1 Å². The fourth-order valence-corrected chi connectivity index (χ4v) is 3.08. The van der Waals surface area contributed by atoms with Crippen molar-refractivity contribution >= 4 is 17.8 Å². The highest BCUT2D eigenvalue weighted by Crippen LogP contribution is 2.25. The smallest absolute Gasteiger partial charge is 0.336 e. The Bertz CT molecular complexity index is 874. The Kier molecular flexibility index (Phi) is 5.54. The highest BCUT2D eigenvalue weighted by Gasteiger charge is 2.32. The molecule has 6 heteroatoms. The molecule has 140 valence electrons. The number of nitrogens with one attached hydrogen (secondary N) is 1. The van der Waals surface area contributed by atoms with Crippen LogP contribution in [0.4, 0.5) is 0 Å². The quantitative estimate of drug-likeness (QED) is 0.824. The monoisotopic (exact) mass is 365 g/mol. The van der Waals surface area contributed by atoms with Gasteiger partial charge in [0, 0.05) is 13.1 Å². The van der Waals surface area contributed by atoms with Crippen LogP contribution >= 0.6 is 0 Å². The number of hydrogen-bond acceptors (Lipinski definition) is 3. The van der Waals surface area contributed by atoms with Gasteiger partial charge in [0.05, 0.1) is 5.56 Å². The van der Waals surface area contributed by atoms with E-state index in [1.807, 2.05) is 49.1 Å². The molecule has 2 aromatic carbocycles. The lowest BCUT2D eigenvalue weighted by Crippen LogP contribution is -2.33. The van der Waals surface area contributed by atoms with Crippen molar-refractivity contribution in [1.82, 2.24) is 10.2 Å². The first-order valence-corrected chi connectivity index (χ1v) is 9.05. The molecule has 6 nitrogen and oxygen atoms in total. The summed E-state index contributed by atoms with van der Waals surface area (Å²) >= 11 is 0. The van der Waals surface area contributed by atoms with E-state index in [9.17, 15) is 14.7 Å². The molecule has 1 unspecified atom stereocenters. The second-order valence-corrected chi connectivity index (χ2v) is 6.55. The minimum absolute atomic E-state index is 0.0446. The SMILES string of the molecule is CCCN=C1NC(=O)C(C)N1Cc1ccc(-c2ccccc2C(=O)O)cc1.